The number of halogens is 1. The van der Waals surface area contributed by atoms with Crippen molar-refractivity contribution in [3.63, 3.8) is 0 Å². The molecular formula is C11H13ClO4. The molecule has 0 aliphatic rings. The lowest BCUT2D eigenvalue weighted by Crippen LogP contribution is -1.86. The zero-order valence-electron chi connectivity index (χ0n) is 8.81. The highest BCUT2D eigenvalue weighted by molar-refractivity contribution is 6.60. The lowest BCUT2D eigenvalue weighted by atomic mass is 10.1. The number of hydrogen-bond donors (Lipinski definition) is 2. The molecule has 2 N–H and O–H groups in total. The number of ether oxygens (including phenoxy) is 1. The highest BCUT2D eigenvalue weighted by atomic mass is 35.5. The molecule has 0 fully saturated rings. The van der Waals surface area contributed by atoms with Crippen molar-refractivity contribution < 1.29 is 19.7 Å². The summed E-state index contributed by atoms with van der Waals surface area (Å²) >= 11 is 4.19. The molecule has 5 heteroatoms. The van der Waals surface area contributed by atoms with Crippen LogP contribution in [0.3, 0.4) is 0 Å². The zero-order valence-corrected chi connectivity index (χ0v) is 9.57. The monoisotopic (exact) mass is 244 g/mol. The minimum atomic E-state index is -1.36. The quantitative estimate of drug-likeness (QED) is 0.634. The minimum absolute atomic E-state index is 0.172. The van der Waals surface area contributed by atoms with Crippen LogP contribution in [-0.2, 0) is 6.42 Å². The van der Waals surface area contributed by atoms with Crippen molar-refractivity contribution >= 4 is 17.0 Å². The summed E-state index contributed by atoms with van der Waals surface area (Å²) in [6.07, 6.45) is 2.60. The van der Waals surface area contributed by atoms with Gasteiger partial charge in [0, 0.05) is 11.6 Å². The van der Waals surface area contributed by atoms with Gasteiger partial charge in [0.2, 0.25) is 0 Å². The third-order valence-corrected chi connectivity index (χ3v) is 1.62. The van der Waals surface area contributed by atoms with Crippen LogP contribution in [0.2, 0.25) is 0 Å². The standard InChI is InChI=1S/C10H12O2.CHClO2/c1-3-4-8-5-6-9(11)10(7-8)12-2;2-1(3)4/h3,5-7,11H,1,4H2,2H3;(H,3,4). The van der Waals surface area contributed by atoms with Gasteiger partial charge >= 0.3 is 5.43 Å². The molecular weight excluding hydrogens is 232 g/mol. The molecule has 0 aliphatic heterocycles. The highest BCUT2D eigenvalue weighted by Gasteiger charge is 2.00. The van der Waals surface area contributed by atoms with Crippen molar-refractivity contribution in [2.75, 3.05) is 7.11 Å². The summed E-state index contributed by atoms with van der Waals surface area (Å²) in [6, 6.07) is 5.27. The maximum atomic E-state index is 9.25. The molecule has 0 unspecified atom stereocenters. The Kier molecular flexibility index (Phi) is 6.79. The molecule has 4 nitrogen and oxygen atoms in total. The Bertz CT molecular complexity index is 359. The first-order chi connectivity index (χ1) is 7.51. The van der Waals surface area contributed by atoms with Crippen molar-refractivity contribution in [3.05, 3.63) is 36.4 Å². The van der Waals surface area contributed by atoms with Gasteiger partial charge < -0.3 is 14.9 Å². The van der Waals surface area contributed by atoms with E-state index in [-0.39, 0.29) is 5.75 Å². The Morgan fingerprint density at radius 2 is 2.19 bits per heavy atom. The highest BCUT2D eigenvalue weighted by Crippen LogP contribution is 2.26. The second-order valence-corrected chi connectivity index (χ2v) is 3.08. The Balaban J connectivity index is 0.000000487. The predicted molar refractivity (Wildman–Crippen MR) is 62.4 cm³/mol. The van der Waals surface area contributed by atoms with Crippen LogP contribution in [0.5, 0.6) is 11.5 Å². The van der Waals surface area contributed by atoms with Gasteiger partial charge in [-0.1, -0.05) is 12.1 Å². The largest absolute Gasteiger partial charge is 0.504 e. The molecule has 88 valence electrons. The van der Waals surface area contributed by atoms with Crippen LogP contribution < -0.4 is 4.74 Å². The van der Waals surface area contributed by atoms with E-state index in [1.807, 2.05) is 12.1 Å². The molecule has 16 heavy (non-hydrogen) atoms. The summed E-state index contributed by atoms with van der Waals surface area (Å²) in [6.45, 7) is 3.63. The van der Waals surface area contributed by atoms with Gasteiger partial charge in [-0.15, -0.1) is 6.58 Å². The molecule has 0 atom stereocenters. The maximum Gasteiger partial charge on any atom is 0.401 e. The first kappa shape index (κ1) is 14.3. The number of carboxylic acid groups (broad SMARTS) is 1. The SMILES string of the molecule is C=CCc1ccc(O)c(OC)c1.O=C(O)Cl. The predicted octanol–water partition coefficient (Wildman–Crippen LogP) is 3.03. The van der Waals surface area contributed by atoms with Gasteiger partial charge in [-0.2, -0.15) is 0 Å². The van der Waals surface area contributed by atoms with Gasteiger partial charge in [0.15, 0.2) is 11.5 Å². The van der Waals surface area contributed by atoms with E-state index in [4.69, 9.17) is 14.6 Å². The molecule has 0 saturated heterocycles. The van der Waals surface area contributed by atoms with Gasteiger partial charge in [-0.05, 0) is 24.1 Å². The number of carbonyl (C=O) groups is 1. The number of phenols is 1. The fourth-order valence-electron chi connectivity index (χ4n) is 1.02. The topological polar surface area (TPSA) is 66.8 Å². The van der Waals surface area contributed by atoms with E-state index in [2.05, 4.69) is 18.2 Å². The summed E-state index contributed by atoms with van der Waals surface area (Å²) in [4.78, 5) is 8.77. The van der Waals surface area contributed by atoms with Gasteiger partial charge in [-0.3, -0.25) is 0 Å². The van der Waals surface area contributed by atoms with E-state index in [0.29, 0.717) is 5.75 Å². The van der Waals surface area contributed by atoms with Gasteiger partial charge in [-0.25, -0.2) is 4.79 Å². The number of methoxy groups -OCH3 is 1. The molecule has 0 radical (unpaired) electrons. The van der Waals surface area contributed by atoms with Crippen molar-refractivity contribution in [3.8, 4) is 11.5 Å². The Morgan fingerprint density at radius 3 is 2.62 bits per heavy atom. The Morgan fingerprint density at radius 1 is 1.62 bits per heavy atom. The summed E-state index contributed by atoms with van der Waals surface area (Å²) in [5.74, 6) is 0.680. The number of benzene rings is 1. The van der Waals surface area contributed by atoms with Crippen molar-refractivity contribution in [1.82, 2.24) is 0 Å². The summed E-state index contributed by atoms with van der Waals surface area (Å²) < 4.78 is 4.95. The van der Waals surface area contributed by atoms with Crippen LogP contribution in [-0.4, -0.2) is 22.8 Å². The number of rotatable bonds is 3. The summed E-state index contributed by atoms with van der Waals surface area (Å²) in [5, 5.41) is 16.4. The van der Waals surface area contributed by atoms with Crippen LogP contribution in [0.4, 0.5) is 4.79 Å². The van der Waals surface area contributed by atoms with E-state index in [1.165, 1.54) is 7.11 Å². The molecule has 1 aromatic carbocycles. The maximum absolute atomic E-state index is 9.25. The van der Waals surface area contributed by atoms with Gasteiger partial charge in [0.05, 0.1) is 7.11 Å². The molecule has 1 rings (SSSR count). The second-order valence-electron chi connectivity index (χ2n) is 2.75. The lowest BCUT2D eigenvalue weighted by molar-refractivity contribution is 0.220. The van der Waals surface area contributed by atoms with Gasteiger partial charge in [0.1, 0.15) is 0 Å². The normalized spacial score (nSPS) is 8.62. The second kappa shape index (κ2) is 7.59. The molecule has 0 bridgehead atoms. The third-order valence-electron chi connectivity index (χ3n) is 1.62. The fraction of sp³-hybridized carbons (Fsp3) is 0.182. The van der Waals surface area contributed by atoms with E-state index in [9.17, 15) is 5.11 Å². The average molecular weight is 245 g/mol. The zero-order chi connectivity index (χ0) is 12.6. The number of phenolic OH excluding ortho intramolecular Hbond substituents is 1. The van der Waals surface area contributed by atoms with E-state index in [1.54, 1.807) is 12.1 Å². The molecule has 0 saturated carbocycles. The molecule has 0 heterocycles. The number of allylic oxidation sites excluding steroid dienone is 1. The van der Waals surface area contributed by atoms with E-state index >= 15 is 0 Å². The molecule has 0 aliphatic carbocycles. The van der Waals surface area contributed by atoms with Crippen LogP contribution in [0.25, 0.3) is 0 Å². The minimum Gasteiger partial charge on any atom is -0.504 e. The fourth-order valence-corrected chi connectivity index (χ4v) is 1.02. The lowest BCUT2D eigenvalue weighted by Gasteiger charge is -2.04. The van der Waals surface area contributed by atoms with Gasteiger partial charge in [0.25, 0.3) is 0 Å². The van der Waals surface area contributed by atoms with Crippen molar-refractivity contribution in [2.45, 2.75) is 6.42 Å². The van der Waals surface area contributed by atoms with E-state index < -0.39 is 5.43 Å². The Hall–Kier alpha value is -1.68. The molecule has 1 aromatic rings. The number of hydrogen-bond acceptors (Lipinski definition) is 3. The Labute approximate surface area is 98.7 Å². The number of aromatic hydroxyl groups is 1. The molecule has 0 aromatic heterocycles. The molecule has 0 spiro atoms. The van der Waals surface area contributed by atoms with E-state index in [0.717, 1.165) is 12.0 Å². The van der Waals surface area contributed by atoms with Crippen molar-refractivity contribution in [2.24, 2.45) is 0 Å². The van der Waals surface area contributed by atoms with Crippen LogP contribution in [0, 0.1) is 0 Å². The van der Waals surface area contributed by atoms with Crippen LogP contribution in [0.15, 0.2) is 30.9 Å². The van der Waals surface area contributed by atoms with Crippen molar-refractivity contribution in [1.29, 1.82) is 0 Å². The molecule has 0 amide bonds. The van der Waals surface area contributed by atoms with Crippen LogP contribution in [0.1, 0.15) is 5.56 Å². The first-order valence-corrected chi connectivity index (χ1v) is 4.74. The first-order valence-electron chi connectivity index (χ1n) is 4.36. The summed E-state index contributed by atoms with van der Waals surface area (Å²) in [7, 11) is 1.53. The smallest absolute Gasteiger partial charge is 0.401 e. The third kappa shape index (κ3) is 5.93. The average Bonchev–Trinajstić information content (AvgIpc) is 2.20. The van der Waals surface area contributed by atoms with Crippen LogP contribution >= 0.6 is 11.6 Å². The summed E-state index contributed by atoms with van der Waals surface area (Å²) in [5.41, 5.74) is -0.278.